The van der Waals surface area contributed by atoms with E-state index >= 15 is 0 Å². The van der Waals surface area contributed by atoms with Gasteiger partial charge in [-0.25, -0.2) is 4.79 Å². The number of carbonyl (C=O) groups excluding carboxylic acids is 1. The van der Waals surface area contributed by atoms with Crippen molar-refractivity contribution in [2.24, 2.45) is 0 Å². The van der Waals surface area contributed by atoms with Crippen LogP contribution in [0.15, 0.2) is 36.7 Å². The van der Waals surface area contributed by atoms with Gasteiger partial charge in [0, 0.05) is 11.9 Å². The van der Waals surface area contributed by atoms with Crippen molar-refractivity contribution < 1.29 is 14.3 Å². The quantitative estimate of drug-likeness (QED) is 0.692. The maximum absolute atomic E-state index is 11.5. The van der Waals surface area contributed by atoms with Crippen molar-refractivity contribution in [2.45, 2.75) is 18.9 Å². The van der Waals surface area contributed by atoms with E-state index in [1.54, 1.807) is 12.3 Å². The number of rotatable bonds is 3. The Hall–Kier alpha value is -2.56. The fourth-order valence-electron chi connectivity index (χ4n) is 2.64. The van der Waals surface area contributed by atoms with E-state index in [-0.39, 0.29) is 6.10 Å². The van der Waals surface area contributed by atoms with Gasteiger partial charge in [0.25, 0.3) is 0 Å². The SMILES string of the molecule is COC(=O)c1cncc(OC2CCc3c(N)cccc32)c1. The van der Waals surface area contributed by atoms with E-state index in [0.717, 1.165) is 29.7 Å². The zero-order valence-corrected chi connectivity index (χ0v) is 11.7. The van der Waals surface area contributed by atoms with Gasteiger partial charge in [0.2, 0.25) is 0 Å². The topological polar surface area (TPSA) is 74.4 Å². The third-order valence-electron chi connectivity index (χ3n) is 3.66. The second kappa shape index (κ2) is 5.44. The second-order valence-corrected chi connectivity index (χ2v) is 4.96. The second-order valence-electron chi connectivity index (χ2n) is 4.96. The number of nitrogen functional groups attached to an aromatic ring is 1. The molecule has 5 nitrogen and oxygen atoms in total. The van der Waals surface area contributed by atoms with Crippen molar-refractivity contribution >= 4 is 11.7 Å². The van der Waals surface area contributed by atoms with Crippen LogP contribution in [-0.4, -0.2) is 18.1 Å². The monoisotopic (exact) mass is 284 g/mol. The summed E-state index contributed by atoms with van der Waals surface area (Å²) < 4.78 is 10.6. The molecule has 2 aromatic rings. The van der Waals surface area contributed by atoms with Gasteiger partial charge < -0.3 is 15.2 Å². The lowest BCUT2D eigenvalue weighted by molar-refractivity contribution is 0.0599. The van der Waals surface area contributed by atoms with Crippen molar-refractivity contribution in [1.82, 2.24) is 4.98 Å². The summed E-state index contributed by atoms with van der Waals surface area (Å²) >= 11 is 0. The minimum Gasteiger partial charge on any atom is -0.484 e. The lowest BCUT2D eigenvalue weighted by Crippen LogP contribution is -2.06. The highest BCUT2D eigenvalue weighted by atomic mass is 16.5. The number of anilines is 1. The van der Waals surface area contributed by atoms with Crippen LogP contribution in [0.4, 0.5) is 5.69 Å². The standard InChI is InChI=1S/C16H16N2O3/c1-20-16(19)10-7-11(9-18-8-10)21-15-6-5-12-13(15)3-2-4-14(12)17/h2-4,7-9,15H,5-6,17H2,1H3. The molecule has 1 aliphatic rings. The van der Waals surface area contributed by atoms with E-state index in [0.29, 0.717) is 11.3 Å². The predicted molar refractivity (Wildman–Crippen MR) is 78.1 cm³/mol. The summed E-state index contributed by atoms with van der Waals surface area (Å²) in [6.45, 7) is 0. The van der Waals surface area contributed by atoms with Gasteiger partial charge in [0.1, 0.15) is 11.9 Å². The smallest absolute Gasteiger partial charge is 0.339 e. The van der Waals surface area contributed by atoms with Gasteiger partial charge in [-0.05, 0) is 36.1 Å². The third kappa shape index (κ3) is 2.54. The number of benzene rings is 1. The number of hydrogen-bond acceptors (Lipinski definition) is 5. The number of ether oxygens (including phenoxy) is 2. The average Bonchev–Trinajstić information content (AvgIpc) is 2.91. The summed E-state index contributed by atoms with van der Waals surface area (Å²) in [5.74, 6) is 0.127. The lowest BCUT2D eigenvalue weighted by atomic mass is 10.1. The van der Waals surface area contributed by atoms with Gasteiger partial charge in [0.15, 0.2) is 0 Å². The molecule has 0 radical (unpaired) electrons. The number of fused-ring (bicyclic) bond motifs is 1. The molecular formula is C16H16N2O3. The first-order valence-electron chi connectivity index (χ1n) is 6.76. The summed E-state index contributed by atoms with van der Waals surface area (Å²) in [7, 11) is 1.34. The first kappa shape index (κ1) is 13.4. The number of nitrogens with zero attached hydrogens (tertiary/aromatic N) is 1. The number of methoxy groups -OCH3 is 1. The van der Waals surface area contributed by atoms with Crippen LogP contribution in [-0.2, 0) is 11.2 Å². The molecule has 0 saturated heterocycles. The molecule has 5 heteroatoms. The maximum Gasteiger partial charge on any atom is 0.339 e. The molecular weight excluding hydrogens is 268 g/mol. The Balaban J connectivity index is 1.83. The van der Waals surface area contributed by atoms with Gasteiger partial charge in [-0.3, -0.25) is 4.98 Å². The molecule has 1 aliphatic carbocycles. The molecule has 1 aromatic carbocycles. The molecule has 1 heterocycles. The van der Waals surface area contributed by atoms with Gasteiger partial charge in [0.05, 0.1) is 18.9 Å². The highest BCUT2D eigenvalue weighted by molar-refractivity contribution is 5.89. The number of pyridine rings is 1. The van der Waals surface area contributed by atoms with Crippen LogP contribution in [0.5, 0.6) is 5.75 Å². The molecule has 0 amide bonds. The van der Waals surface area contributed by atoms with Gasteiger partial charge in [-0.1, -0.05) is 12.1 Å². The molecule has 0 fully saturated rings. The summed E-state index contributed by atoms with van der Waals surface area (Å²) in [5, 5.41) is 0. The van der Waals surface area contributed by atoms with Crippen molar-refractivity contribution in [3.05, 3.63) is 53.3 Å². The molecule has 0 saturated carbocycles. The molecule has 108 valence electrons. The Morgan fingerprint density at radius 2 is 2.24 bits per heavy atom. The summed E-state index contributed by atoms with van der Waals surface area (Å²) in [6, 6.07) is 7.50. The normalized spacial score (nSPS) is 16.3. The van der Waals surface area contributed by atoms with E-state index in [1.807, 2.05) is 18.2 Å². The molecule has 2 N–H and O–H groups in total. The fourth-order valence-corrected chi connectivity index (χ4v) is 2.64. The molecule has 3 rings (SSSR count). The van der Waals surface area contributed by atoms with E-state index in [9.17, 15) is 4.79 Å². The number of nitrogens with two attached hydrogens (primary N) is 1. The average molecular weight is 284 g/mol. The Morgan fingerprint density at radius 1 is 1.38 bits per heavy atom. The van der Waals surface area contributed by atoms with E-state index in [1.165, 1.54) is 13.3 Å². The first-order chi connectivity index (χ1) is 10.2. The third-order valence-corrected chi connectivity index (χ3v) is 3.66. The number of hydrogen-bond donors (Lipinski definition) is 1. The van der Waals surface area contributed by atoms with Crippen LogP contribution in [0.1, 0.15) is 34.0 Å². The van der Waals surface area contributed by atoms with Gasteiger partial charge in [-0.15, -0.1) is 0 Å². The molecule has 1 unspecified atom stereocenters. The van der Waals surface area contributed by atoms with Gasteiger partial charge in [-0.2, -0.15) is 0 Å². The zero-order chi connectivity index (χ0) is 14.8. The van der Waals surface area contributed by atoms with Crippen molar-refractivity contribution in [3.8, 4) is 5.75 Å². The predicted octanol–water partition coefficient (Wildman–Crippen LogP) is 2.52. The van der Waals surface area contributed by atoms with Crippen molar-refractivity contribution in [2.75, 3.05) is 12.8 Å². The number of esters is 1. The van der Waals surface area contributed by atoms with Crippen molar-refractivity contribution in [1.29, 1.82) is 0 Å². The molecule has 0 bridgehead atoms. The molecule has 1 aromatic heterocycles. The first-order valence-corrected chi connectivity index (χ1v) is 6.76. The van der Waals surface area contributed by atoms with Crippen LogP contribution in [0.25, 0.3) is 0 Å². The summed E-state index contributed by atoms with van der Waals surface area (Å²) in [4.78, 5) is 15.5. The summed E-state index contributed by atoms with van der Waals surface area (Å²) in [6.07, 6.45) is 4.76. The Kier molecular flexibility index (Phi) is 3.48. The molecule has 1 atom stereocenters. The van der Waals surface area contributed by atoms with E-state index < -0.39 is 5.97 Å². The van der Waals surface area contributed by atoms with Crippen LogP contribution in [0.2, 0.25) is 0 Å². The number of carbonyl (C=O) groups is 1. The minimum absolute atomic E-state index is 0.0572. The lowest BCUT2D eigenvalue weighted by Gasteiger charge is -2.15. The Morgan fingerprint density at radius 3 is 3.05 bits per heavy atom. The minimum atomic E-state index is -0.427. The Bertz CT molecular complexity index is 685. The Labute approximate surface area is 122 Å². The van der Waals surface area contributed by atoms with Crippen LogP contribution in [0, 0.1) is 0 Å². The highest BCUT2D eigenvalue weighted by Gasteiger charge is 2.25. The zero-order valence-electron chi connectivity index (χ0n) is 11.7. The summed E-state index contributed by atoms with van der Waals surface area (Å²) in [5.41, 5.74) is 9.42. The highest BCUT2D eigenvalue weighted by Crippen LogP contribution is 2.37. The van der Waals surface area contributed by atoms with E-state index in [2.05, 4.69) is 9.72 Å². The molecule has 0 spiro atoms. The van der Waals surface area contributed by atoms with E-state index in [4.69, 9.17) is 10.5 Å². The van der Waals surface area contributed by atoms with Gasteiger partial charge >= 0.3 is 5.97 Å². The van der Waals surface area contributed by atoms with Crippen molar-refractivity contribution in [3.63, 3.8) is 0 Å². The number of aromatic nitrogens is 1. The maximum atomic E-state index is 11.5. The van der Waals surface area contributed by atoms with Crippen LogP contribution in [0.3, 0.4) is 0 Å². The molecule has 21 heavy (non-hydrogen) atoms. The largest absolute Gasteiger partial charge is 0.484 e. The van der Waals surface area contributed by atoms with Crippen LogP contribution < -0.4 is 10.5 Å². The molecule has 0 aliphatic heterocycles. The fraction of sp³-hybridized carbons (Fsp3) is 0.250. The van der Waals surface area contributed by atoms with Crippen LogP contribution >= 0.6 is 0 Å².